The summed E-state index contributed by atoms with van der Waals surface area (Å²) in [6.07, 6.45) is 13.1. The molecule has 2 aliphatic carbocycles. The Balaban J connectivity index is 1.46. The SMILES string of the molecule is C[C@H](N[C@H](C)[C@H]1CCCN(C2CCC2)C1)C1CCCC1. The highest BCUT2D eigenvalue weighted by atomic mass is 15.2. The molecule has 0 aromatic carbocycles. The van der Waals surface area contributed by atoms with Gasteiger partial charge >= 0.3 is 0 Å². The summed E-state index contributed by atoms with van der Waals surface area (Å²) in [6.45, 7) is 7.60. The average Bonchev–Trinajstić information content (AvgIpc) is 2.91. The van der Waals surface area contributed by atoms with Crippen LogP contribution in [0.1, 0.15) is 71.6 Å². The number of likely N-dealkylation sites (tertiary alicyclic amines) is 1. The first-order chi connectivity index (χ1) is 9.74. The van der Waals surface area contributed by atoms with Crippen LogP contribution in [0.2, 0.25) is 0 Å². The van der Waals surface area contributed by atoms with Crippen LogP contribution >= 0.6 is 0 Å². The van der Waals surface area contributed by atoms with Crippen LogP contribution in [0.25, 0.3) is 0 Å². The summed E-state index contributed by atoms with van der Waals surface area (Å²) < 4.78 is 0. The number of nitrogens with zero attached hydrogens (tertiary/aromatic N) is 1. The standard InChI is InChI=1S/C18H34N2/c1-14(16-7-3-4-8-16)19-15(2)17-9-6-12-20(13-17)18-10-5-11-18/h14-19H,3-13H2,1-2H3/t14-,15+,17-/m0/s1. The molecule has 1 aliphatic heterocycles. The molecule has 3 aliphatic rings. The molecule has 0 radical (unpaired) electrons. The van der Waals surface area contributed by atoms with Crippen LogP contribution in [-0.2, 0) is 0 Å². The number of nitrogens with one attached hydrogen (secondary N) is 1. The molecule has 0 spiro atoms. The molecule has 1 heterocycles. The molecule has 0 bridgehead atoms. The molecule has 116 valence electrons. The van der Waals surface area contributed by atoms with Gasteiger partial charge in [0, 0.05) is 24.7 Å². The van der Waals surface area contributed by atoms with Crippen LogP contribution in [0.3, 0.4) is 0 Å². The quantitative estimate of drug-likeness (QED) is 0.822. The Bertz CT molecular complexity index is 294. The van der Waals surface area contributed by atoms with E-state index < -0.39 is 0 Å². The monoisotopic (exact) mass is 278 g/mol. The van der Waals surface area contributed by atoms with Gasteiger partial charge in [-0.25, -0.2) is 0 Å². The minimum absolute atomic E-state index is 0.702. The highest BCUT2D eigenvalue weighted by molar-refractivity contribution is 4.89. The Morgan fingerprint density at radius 2 is 1.45 bits per heavy atom. The lowest BCUT2D eigenvalue weighted by Crippen LogP contribution is -2.51. The van der Waals surface area contributed by atoms with E-state index in [0.717, 1.165) is 23.9 Å². The van der Waals surface area contributed by atoms with Crippen molar-refractivity contribution in [1.82, 2.24) is 10.2 Å². The fraction of sp³-hybridized carbons (Fsp3) is 1.00. The second-order valence-corrected chi connectivity index (χ2v) is 7.77. The van der Waals surface area contributed by atoms with Gasteiger partial charge in [0.15, 0.2) is 0 Å². The minimum Gasteiger partial charge on any atom is -0.311 e. The topological polar surface area (TPSA) is 15.3 Å². The number of hydrogen-bond donors (Lipinski definition) is 1. The first-order valence-electron chi connectivity index (χ1n) is 9.24. The zero-order valence-electron chi connectivity index (χ0n) is 13.6. The maximum atomic E-state index is 3.96. The van der Waals surface area contributed by atoms with Gasteiger partial charge in [-0.2, -0.15) is 0 Å². The van der Waals surface area contributed by atoms with Gasteiger partial charge in [-0.1, -0.05) is 19.3 Å². The normalized spacial score (nSPS) is 33.0. The van der Waals surface area contributed by atoms with Crippen molar-refractivity contribution in [2.45, 2.75) is 89.8 Å². The molecule has 1 N–H and O–H groups in total. The van der Waals surface area contributed by atoms with Crippen molar-refractivity contribution in [2.24, 2.45) is 11.8 Å². The van der Waals surface area contributed by atoms with Gasteiger partial charge in [-0.05, 0) is 70.8 Å². The number of piperidine rings is 1. The lowest BCUT2D eigenvalue weighted by molar-refractivity contribution is 0.0643. The summed E-state index contributed by atoms with van der Waals surface area (Å²) in [5.41, 5.74) is 0. The van der Waals surface area contributed by atoms with Crippen LogP contribution in [0.5, 0.6) is 0 Å². The summed E-state index contributed by atoms with van der Waals surface area (Å²) in [7, 11) is 0. The van der Waals surface area contributed by atoms with Crippen molar-refractivity contribution in [3.63, 3.8) is 0 Å². The van der Waals surface area contributed by atoms with Crippen LogP contribution in [0.4, 0.5) is 0 Å². The highest BCUT2D eigenvalue weighted by Gasteiger charge is 2.32. The third-order valence-corrected chi connectivity index (χ3v) is 6.42. The van der Waals surface area contributed by atoms with Crippen molar-refractivity contribution in [3.05, 3.63) is 0 Å². The van der Waals surface area contributed by atoms with Crippen molar-refractivity contribution in [2.75, 3.05) is 13.1 Å². The van der Waals surface area contributed by atoms with E-state index >= 15 is 0 Å². The van der Waals surface area contributed by atoms with E-state index in [4.69, 9.17) is 0 Å². The third-order valence-electron chi connectivity index (χ3n) is 6.42. The third kappa shape index (κ3) is 3.39. The summed E-state index contributed by atoms with van der Waals surface area (Å²) >= 11 is 0. The molecule has 2 nitrogen and oxygen atoms in total. The predicted molar refractivity (Wildman–Crippen MR) is 86.0 cm³/mol. The van der Waals surface area contributed by atoms with Gasteiger partial charge in [0.1, 0.15) is 0 Å². The molecular formula is C18H34N2. The lowest BCUT2D eigenvalue weighted by atomic mass is 9.85. The Morgan fingerprint density at radius 1 is 0.800 bits per heavy atom. The van der Waals surface area contributed by atoms with E-state index in [1.807, 2.05) is 0 Å². The van der Waals surface area contributed by atoms with Crippen molar-refractivity contribution >= 4 is 0 Å². The largest absolute Gasteiger partial charge is 0.311 e. The maximum Gasteiger partial charge on any atom is 0.00954 e. The van der Waals surface area contributed by atoms with Crippen molar-refractivity contribution in [3.8, 4) is 0 Å². The summed E-state index contributed by atoms with van der Waals surface area (Å²) in [5, 5.41) is 3.96. The summed E-state index contributed by atoms with van der Waals surface area (Å²) in [5.74, 6) is 1.83. The van der Waals surface area contributed by atoms with E-state index in [2.05, 4.69) is 24.1 Å². The van der Waals surface area contributed by atoms with Gasteiger partial charge < -0.3 is 10.2 Å². The molecular weight excluding hydrogens is 244 g/mol. The van der Waals surface area contributed by atoms with Crippen LogP contribution in [0.15, 0.2) is 0 Å². The van der Waals surface area contributed by atoms with Gasteiger partial charge in [0.25, 0.3) is 0 Å². The lowest BCUT2D eigenvalue weighted by Gasteiger charge is -2.44. The van der Waals surface area contributed by atoms with E-state index in [9.17, 15) is 0 Å². The first-order valence-corrected chi connectivity index (χ1v) is 9.24. The minimum atomic E-state index is 0.702. The number of rotatable bonds is 5. The molecule has 3 fully saturated rings. The van der Waals surface area contributed by atoms with Gasteiger partial charge in [-0.3, -0.25) is 0 Å². The molecule has 3 atom stereocenters. The zero-order valence-corrected chi connectivity index (χ0v) is 13.6. The summed E-state index contributed by atoms with van der Waals surface area (Å²) in [6, 6.07) is 2.37. The maximum absolute atomic E-state index is 3.96. The van der Waals surface area contributed by atoms with E-state index in [0.29, 0.717) is 6.04 Å². The Hall–Kier alpha value is -0.0800. The molecule has 2 heteroatoms. The smallest absolute Gasteiger partial charge is 0.00954 e. The first kappa shape index (κ1) is 14.8. The highest BCUT2D eigenvalue weighted by Crippen LogP contribution is 2.31. The van der Waals surface area contributed by atoms with Crippen LogP contribution in [0, 0.1) is 11.8 Å². The summed E-state index contributed by atoms with van der Waals surface area (Å²) in [4.78, 5) is 2.80. The molecule has 2 saturated carbocycles. The Labute approximate surface area is 125 Å². The molecule has 0 aromatic rings. The molecule has 20 heavy (non-hydrogen) atoms. The zero-order chi connectivity index (χ0) is 13.9. The Kier molecular flexibility index (Phi) is 5.04. The van der Waals surface area contributed by atoms with Crippen molar-refractivity contribution < 1.29 is 0 Å². The molecule has 0 aromatic heterocycles. The fourth-order valence-corrected chi connectivity index (χ4v) is 4.68. The fourth-order valence-electron chi connectivity index (χ4n) is 4.68. The molecule has 3 rings (SSSR count). The van der Waals surface area contributed by atoms with E-state index in [-0.39, 0.29) is 0 Å². The van der Waals surface area contributed by atoms with Crippen LogP contribution in [-0.4, -0.2) is 36.1 Å². The van der Waals surface area contributed by atoms with Gasteiger partial charge in [-0.15, -0.1) is 0 Å². The average molecular weight is 278 g/mol. The second kappa shape index (κ2) is 6.79. The molecule has 0 amide bonds. The van der Waals surface area contributed by atoms with Gasteiger partial charge in [0.2, 0.25) is 0 Å². The second-order valence-electron chi connectivity index (χ2n) is 7.77. The Morgan fingerprint density at radius 3 is 2.10 bits per heavy atom. The van der Waals surface area contributed by atoms with E-state index in [1.54, 1.807) is 0 Å². The predicted octanol–water partition coefficient (Wildman–Crippen LogP) is 3.81. The molecule has 0 unspecified atom stereocenters. The van der Waals surface area contributed by atoms with Crippen LogP contribution < -0.4 is 5.32 Å². The van der Waals surface area contributed by atoms with Crippen molar-refractivity contribution in [1.29, 1.82) is 0 Å². The number of hydrogen-bond acceptors (Lipinski definition) is 2. The van der Waals surface area contributed by atoms with Gasteiger partial charge in [0.05, 0.1) is 0 Å². The van der Waals surface area contributed by atoms with E-state index in [1.165, 1.54) is 70.9 Å². The molecule has 1 saturated heterocycles.